The van der Waals surface area contributed by atoms with Crippen LogP contribution < -0.4 is 16.4 Å². The standard InChI is InChI=1S/C46H39BF15O2P/c1-44(2,3)65(45(4,5)6,46(7,8)9)24(43(63)22-18-14-11-15-19-22)20-23(21-16-12-10-13-17-21)64-47(25-28(48)34(54)40(60)35(55)29(25)49,26-30(50)36(56)41(61)37(57)31(26)51)27-32(52)38(58)42(62)39(59)33(27)53/h10-20,24H,1-9H3/b23-20-. The van der Waals surface area contributed by atoms with E-state index in [1.54, 1.807) is 62.3 Å². The number of allylic oxidation sites excluding steroid dienone is 1. The summed E-state index contributed by atoms with van der Waals surface area (Å²) in [6.07, 6.45) is -5.67. The second-order valence-corrected chi connectivity index (χ2v) is 24.2. The largest absolute Gasteiger partial charge is 0.702 e. The Kier molecular flexibility index (Phi) is 13.7. The van der Waals surface area contributed by atoms with Crippen LogP contribution in [0.15, 0.2) is 66.7 Å². The van der Waals surface area contributed by atoms with Crippen LogP contribution in [0.3, 0.4) is 0 Å². The Hall–Kier alpha value is -5.25. The summed E-state index contributed by atoms with van der Waals surface area (Å²) in [4.78, 5) is 15.3. The zero-order chi connectivity index (χ0) is 49.3. The summed E-state index contributed by atoms with van der Waals surface area (Å²) in [7, 11) is -3.41. The topological polar surface area (TPSA) is 26.3 Å². The third-order valence-corrected chi connectivity index (χ3v) is 19.1. The summed E-state index contributed by atoms with van der Waals surface area (Å²) in [6.45, 7) is 15.7. The van der Waals surface area contributed by atoms with Crippen molar-refractivity contribution in [3.8, 4) is 0 Å². The molecule has 0 bridgehead atoms. The van der Waals surface area contributed by atoms with Gasteiger partial charge in [-0.15, -0.1) is 0 Å². The van der Waals surface area contributed by atoms with Gasteiger partial charge in [-0.3, -0.25) is 4.79 Å². The monoisotopic (exact) mass is 950 g/mol. The van der Waals surface area contributed by atoms with Crippen LogP contribution in [0.25, 0.3) is 5.76 Å². The maximum atomic E-state index is 16.6. The molecule has 5 aromatic carbocycles. The molecule has 0 fully saturated rings. The molecular formula is C46H39BF15O2P. The quantitative estimate of drug-likeness (QED) is 0.0265. The molecule has 0 heterocycles. The third kappa shape index (κ3) is 7.90. The summed E-state index contributed by atoms with van der Waals surface area (Å²) in [5.74, 6) is -49.6. The van der Waals surface area contributed by atoms with Gasteiger partial charge in [-0.05, 0) is 62.3 Å². The van der Waals surface area contributed by atoms with Crippen LogP contribution in [0.4, 0.5) is 65.9 Å². The summed E-state index contributed by atoms with van der Waals surface area (Å²) in [5.41, 5.74) is -11.1. The maximum Gasteiger partial charge on any atom is 0.266 e. The second kappa shape index (κ2) is 17.5. The molecule has 5 rings (SSSR count). The third-order valence-electron chi connectivity index (χ3n) is 11.5. The first-order valence-electron chi connectivity index (χ1n) is 19.5. The number of carbonyl (C=O) groups is 1. The van der Waals surface area contributed by atoms with Gasteiger partial charge in [-0.25, -0.2) is 65.9 Å². The van der Waals surface area contributed by atoms with Crippen molar-refractivity contribution in [2.75, 3.05) is 0 Å². The first kappa shape index (κ1) is 50.7. The van der Waals surface area contributed by atoms with Gasteiger partial charge in [-0.2, -0.15) is 0 Å². The molecule has 1 atom stereocenters. The molecule has 19 heteroatoms. The Bertz CT molecular complexity index is 2430. The molecule has 0 N–H and O–H groups in total. The van der Waals surface area contributed by atoms with E-state index in [4.69, 9.17) is 4.65 Å². The first-order chi connectivity index (χ1) is 29.9. The van der Waals surface area contributed by atoms with E-state index < -0.39 is 155 Å². The number of rotatable bonds is 10. The Balaban J connectivity index is 2.26. The summed E-state index contributed by atoms with van der Waals surface area (Å²) < 4.78 is 243. The van der Waals surface area contributed by atoms with Crippen molar-refractivity contribution < 1.29 is 75.3 Å². The molecule has 5 aromatic rings. The minimum absolute atomic E-state index is 0.0423. The number of carbonyl (C=O) groups excluding carboxylic acids is 1. The second-order valence-electron chi connectivity index (χ2n) is 18.2. The van der Waals surface area contributed by atoms with Gasteiger partial charge in [0, 0.05) is 24.5 Å². The van der Waals surface area contributed by atoms with Gasteiger partial charge < -0.3 is 4.65 Å². The highest BCUT2D eigenvalue weighted by atomic mass is 31.2. The molecule has 2 nitrogen and oxygen atoms in total. The molecule has 0 amide bonds. The van der Waals surface area contributed by atoms with E-state index in [0.717, 1.165) is 18.2 Å². The van der Waals surface area contributed by atoms with Gasteiger partial charge in [-0.1, -0.05) is 77.1 Å². The first-order valence-corrected chi connectivity index (χ1v) is 21.4. The van der Waals surface area contributed by atoms with Crippen molar-refractivity contribution in [2.45, 2.75) is 83.4 Å². The average Bonchev–Trinajstić information content (AvgIpc) is 3.23. The smallest absolute Gasteiger partial charge is 0.266 e. The Morgan fingerprint density at radius 1 is 0.431 bits per heavy atom. The molecule has 0 aromatic heterocycles. The Labute approximate surface area is 364 Å². The predicted molar refractivity (Wildman–Crippen MR) is 220 cm³/mol. The van der Waals surface area contributed by atoms with Crippen LogP contribution in [0.5, 0.6) is 0 Å². The molecule has 0 aliphatic rings. The fourth-order valence-corrected chi connectivity index (χ4v) is 19.5. The zero-order valence-corrected chi connectivity index (χ0v) is 36.8. The highest BCUT2D eigenvalue weighted by Crippen LogP contribution is 2.86. The lowest BCUT2D eigenvalue weighted by Crippen LogP contribution is -2.75. The minimum atomic E-state index is -6.51. The van der Waals surface area contributed by atoms with E-state index in [0.29, 0.717) is 0 Å². The summed E-state index contributed by atoms with van der Waals surface area (Å²) in [6, 6.07) is 12.8. The molecule has 65 heavy (non-hydrogen) atoms. The van der Waals surface area contributed by atoms with Crippen molar-refractivity contribution in [1.82, 2.24) is 0 Å². The van der Waals surface area contributed by atoms with E-state index >= 15 is 57.5 Å². The van der Waals surface area contributed by atoms with Crippen molar-refractivity contribution >= 4 is 41.5 Å². The molecular weight excluding hydrogens is 911 g/mol. The normalized spacial score (nSPS) is 13.6. The average molecular weight is 951 g/mol. The van der Waals surface area contributed by atoms with Crippen LogP contribution in [0, 0.1) is 87.3 Å². The molecule has 0 aliphatic carbocycles. The number of halogens is 15. The van der Waals surface area contributed by atoms with E-state index in [2.05, 4.69) is 0 Å². The van der Waals surface area contributed by atoms with Crippen molar-refractivity contribution in [3.63, 3.8) is 0 Å². The molecule has 348 valence electrons. The number of hydrogen-bond donors (Lipinski definition) is 0. The van der Waals surface area contributed by atoms with Crippen LogP contribution in [0.2, 0.25) is 0 Å². The lowest BCUT2D eigenvalue weighted by molar-refractivity contribution is 0.0996. The van der Waals surface area contributed by atoms with Crippen molar-refractivity contribution in [1.29, 1.82) is 0 Å². The van der Waals surface area contributed by atoms with Gasteiger partial charge in [0.1, 0.15) is 34.9 Å². The van der Waals surface area contributed by atoms with E-state index in [-0.39, 0.29) is 5.56 Å². The maximum absolute atomic E-state index is 16.6. The van der Waals surface area contributed by atoms with Crippen molar-refractivity contribution in [3.05, 3.63) is 165 Å². The number of benzene rings is 5. The Morgan fingerprint density at radius 2 is 0.677 bits per heavy atom. The lowest BCUT2D eigenvalue weighted by Gasteiger charge is -2.57. The zero-order valence-electron chi connectivity index (χ0n) is 35.9. The minimum Gasteiger partial charge on any atom is -0.702 e. The van der Waals surface area contributed by atoms with Crippen LogP contribution >= 0.6 is 7.26 Å². The van der Waals surface area contributed by atoms with E-state index in [1.807, 2.05) is 0 Å². The van der Waals surface area contributed by atoms with Crippen LogP contribution in [-0.2, 0) is 4.65 Å². The van der Waals surface area contributed by atoms with Crippen LogP contribution in [-0.4, -0.2) is 33.3 Å². The number of Topliss-reactive ketones (excluding diaryl/α,β-unsaturated/α-hetero) is 1. The van der Waals surface area contributed by atoms with Crippen molar-refractivity contribution in [2.24, 2.45) is 0 Å². The lowest BCUT2D eigenvalue weighted by atomic mass is 9.27. The fourth-order valence-electron chi connectivity index (χ4n) is 10.1. The number of hydrogen-bond acceptors (Lipinski definition) is 2. The van der Waals surface area contributed by atoms with Crippen LogP contribution in [0.1, 0.15) is 78.2 Å². The molecule has 0 saturated carbocycles. The van der Waals surface area contributed by atoms with Gasteiger partial charge in [0.2, 0.25) is 5.78 Å². The summed E-state index contributed by atoms with van der Waals surface area (Å²) in [5, 5.41) is -3.03. The highest BCUT2D eigenvalue weighted by Gasteiger charge is 2.70. The molecule has 0 aliphatic heterocycles. The number of ketones is 1. The SMILES string of the molecule is CC(C)(C)[P+](C(/C=C(\O[B-](c1c(F)c(F)c(F)c(F)c1F)(c1c(F)c(F)c(F)c(F)c1F)c1c(F)c(F)c(F)c(F)c1F)c1ccccc1)C(=O)c1ccccc1)(C(C)(C)C)C(C)(C)C. The summed E-state index contributed by atoms with van der Waals surface area (Å²) >= 11 is 0. The van der Waals surface area contributed by atoms with Gasteiger partial charge in [0.25, 0.3) is 6.35 Å². The van der Waals surface area contributed by atoms with E-state index in [1.165, 1.54) is 48.5 Å². The fraction of sp³-hybridized carbons (Fsp3) is 0.283. The van der Waals surface area contributed by atoms with Gasteiger partial charge in [0.05, 0.1) is 21.2 Å². The van der Waals surface area contributed by atoms with Gasteiger partial charge >= 0.3 is 0 Å². The Morgan fingerprint density at radius 3 is 0.938 bits per heavy atom. The predicted octanol–water partition coefficient (Wildman–Crippen LogP) is 12.5. The molecule has 0 radical (unpaired) electrons. The molecule has 0 spiro atoms. The molecule has 1 unspecified atom stereocenters. The molecule has 0 saturated heterocycles. The van der Waals surface area contributed by atoms with E-state index in [9.17, 15) is 13.2 Å². The highest BCUT2D eigenvalue weighted by molar-refractivity contribution is 7.81. The van der Waals surface area contributed by atoms with Gasteiger partial charge in [0.15, 0.2) is 58.0 Å².